The van der Waals surface area contributed by atoms with Crippen LogP contribution < -0.4 is 5.32 Å². The first-order valence-corrected chi connectivity index (χ1v) is 8.68. The predicted molar refractivity (Wildman–Crippen MR) is 87.0 cm³/mol. The maximum Gasteiger partial charge on any atom is 0.0547 e. The molecule has 1 aliphatic carbocycles. The molecule has 2 aliphatic rings. The molecule has 0 aromatic carbocycles. The minimum atomic E-state index is 0.719. The molecule has 0 bridgehead atoms. The maximum absolute atomic E-state index is 4.79. The van der Waals surface area contributed by atoms with Gasteiger partial charge < -0.3 is 5.32 Å². The fourth-order valence-corrected chi connectivity index (χ4v) is 4.01. The average Bonchev–Trinajstić information content (AvgIpc) is 2.97. The lowest BCUT2D eigenvalue weighted by Crippen LogP contribution is -2.38. The number of aromatic nitrogens is 1. The van der Waals surface area contributed by atoms with Crippen molar-refractivity contribution in [1.29, 1.82) is 0 Å². The van der Waals surface area contributed by atoms with Gasteiger partial charge in [0.05, 0.1) is 11.4 Å². The van der Waals surface area contributed by atoms with E-state index in [9.17, 15) is 0 Å². The molecule has 1 N–H and O–H groups in total. The molecule has 3 rings (SSSR count). The quantitative estimate of drug-likeness (QED) is 0.900. The van der Waals surface area contributed by atoms with Crippen LogP contribution in [0.1, 0.15) is 56.8 Å². The third kappa shape index (κ3) is 3.83. The van der Waals surface area contributed by atoms with E-state index in [2.05, 4.69) is 35.3 Å². The molecular formula is C18H29N3. The third-order valence-corrected chi connectivity index (χ3v) is 5.39. The zero-order chi connectivity index (χ0) is 14.5. The average molecular weight is 287 g/mol. The highest BCUT2D eigenvalue weighted by Crippen LogP contribution is 2.46. The van der Waals surface area contributed by atoms with E-state index in [1.54, 1.807) is 0 Å². The Bertz CT molecular complexity index is 442. The largest absolute Gasteiger partial charge is 0.311 e. The van der Waals surface area contributed by atoms with E-state index in [0.717, 1.165) is 25.0 Å². The first-order valence-electron chi connectivity index (χ1n) is 8.68. The molecule has 116 valence electrons. The van der Waals surface area contributed by atoms with Crippen LogP contribution in [0.5, 0.6) is 0 Å². The van der Waals surface area contributed by atoms with Crippen LogP contribution in [-0.4, -0.2) is 29.5 Å². The van der Waals surface area contributed by atoms with E-state index in [4.69, 9.17) is 4.98 Å². The van der Waals surface area contributed by atoms with Crippen molar-refractivity contribution in [2.75, 3.05) is 19.6 Å². The lowest BCUT2D eigenvalue weighted by atomic mass is 9.77. The molecular weight excluding hydrogens is 258 g/mol. The summed E-state index contributed by atoms with van der Waals surface area (Å²) in [6, 6.07) is 6.45. The van der Waals surface area contributed by atoms with Gasteiger partial charge >= 0.3 is 0 Å². The molecule has 0 atom stereocenters. The second-order valence-corrected chi connectivity index (χ2v) is 6.88. The Hall–Kier alpha value is -0.930. The van der Waals surface area contributed by atoms with Gasteiger partial charge in [0, 0.05) is 13.1 Å². The standard InChI is InChI=1S/C18H29N3/c1-2-19-14-16-6-5-7-17(20-16)15-21-12-10-18(11-13-21)8-3-4-9-18/h5-7,19H,2-4,8-15H2,1H3. The highest BCUT2D eigenvalue weighted by atomic mass is 15.1. The SMILES string of the molecule is CCNCc1cccc(CN2CCC3(CCCC3)CC2)n1. The number of pyridine rings is 1. The van der Waals surface area contributed by atoms with Gasteiger partial charge in [-0.05, 0) is 62.9 Å². The number of hydrogen-bond acceptors (Lipinski definition) is 3. The van der Waals surface area contributed by atoms with Crippen molar-refractivity contribution < 1.29 is 0 Å². The fourth-order valence-electron chi connectivity index (χ4n) is 4.01. The summed E-state index contributed by atoms with van der Waals surface area (Å²) in [6.07, 6.45) is 8.71. The number of piperidine rings is 1. The molecule has 1 aliphatic heterocycles. The molecule has 1 spiro atoms. The molecule has 3 heteroatoms. The van der Waals surface area contributed by atoms with Gasteiger partial charge in [-0.15, -0.1) is 0 Å². The van der Waals surface area contributed by atoms with E-state index in [0.29, 0.717) is 0 Å². The first kappa shape index (κ1) is 15.0. The molecule has 1 saturated carbocycles. The molecule has 0 unspecified atom stereocenters. The second kappa shape index (κ2) is 6.89. The highest BCUT2D eigenvalue weighted by molar-refractivity contribution is 5.11. The Labute approximate surface area is 129 Å². The van der Waals surface area contributed by atoms with Gasteiger partial charge in [-0.2, -0.15) is 0 Å². The molecule has 2 fully saturated rings. The van der Waals surface area contributed by atoms with Gasteiger partial charge in [0.15, 0.2) is 0 Å². The van der Waals surface area contributed by atoms with Crippen molar-refractivity contribution in [3.63, 3.8) is 0 Å². The summed E-state index contributed by atoms with van der Waals surface area (Å²) in [4.78, 5) is 7.39. The molecule has 3 nitrogen and oxygen atoms in total. The summed E-state index contributed by atoms with van der Waals surface area (Å²) in [5, 5.41) is 3.35. The van der Waals surface area contributed by atoms with Crippen LogP contribution >= 0.6 is 0 Å². The molecule has 21 heavy (non-hydrogen) atoms. The van der Waals surface area contributed by atoms with Crippen molar-refractivity contribution >= 4 is 0 Å². The summed E-state index contributed by atoms with van der Waals surface area (Å²) in [6.45, 7) is 7.57. The Balaban J connectivity index is 1.53. The molecule has 1 aromatic heterocycles. The Morgan fingerprint density at radius 2 is 1.81 bits per heavy atom. The Morgan fingerprint density at radius 1 is 1.10 bits per heavy atom. The minimum Gasteiger partial charge on any atom is -0.311 e. The number of likely N-dealkylation sites (tertiary alicyclic amines) is 1. The van der Waals surface area contributed by atoms with Crippen molar-refractivity contribution in [2.45, 2.75) is 58.5 Å². The topological polar surface area (TPSA) is 28.2 Å². The molecule has 2 heterocycles. The Morgan fingerprint density at radius 3 is 2.52 bits per heavy atom. The van der Waals surface area contributed by atoms with Crippen molar-refractivity contribution in [2.24, 2.45) is 5.41 Å². The van der Waals surface area contributed by atoms with E-state index in [1.165, 1.54) is 63.0 Å². The summed E-state index contributed by atoms with van der Waals surface area (Å²) >= 11 is 0. The van der Waals surface area contributed by atoms with Crippen LogP contribution in [0.3, 0.4) is 0 Å². The molecule has 1 aromatic rings. The van der Waals surface area contributed by atoms with Crippen molar-refractivity contribution in [3.05, 3.63) is 29.6 Å². The van der Waals surface area contributed by atoms with Crippen LogP contribution in [0.25, 0.3) is 0 Å². The van der Waals surface area contributed by atoms with Gasteiger partial charge in [-0.1, -0.05) is 25.8 Å². The zero-order valence-electron chi connectivity index (χ0n) is 13.4. The van der Waals surface area contributed by atoms with Crippen LogP contribution in [-0.2, 0) is 13.1 Å². The van der Waals surface area contributed by atoms with Crippen LogP contribution in [0.4, 0.5) is 0 Å². The van der Waals surface area contributed by atoms with Crippen LogP contribution in [0.15, 0.2) is 18.2 Å². The van der Waals surface area contributed by atoms with Gasteiger partial charge in [-0.25, -0.2) is 0 Å². The van der Waals surface area contributed by atoms with E-state index in [1.807, 2.05) is 0 Å². The number of hydrogen-bond donors (Lipinski definition) is 1. The summed E-state index contributed by atoms with van der Waals surface area (Å²) in [7, 11) is 0. The third-order valence-electron chi connectivity index (χ3n) is 5.39. The van der Waals surface area contributed by atoms with E-state index in [-0.39, 0.29) is 0 Å². The van der Waals surface area contributed by atoms with Gasteiger partial charge in [0.2, 0.25) is 0 Å². The lowest BCUT2D eigenvalue weighted by Gasteiger charge is -2.39. The van der Waals surface area contributed by atoms with Crippen molar-refractivity contribution in [3.8, 4) is 0 Å². The fraction of sp³-hybridized carbons (Fsp3) is 0.722. The van der Waals surface area contributed by atoms with Crippen LogP contribution in [0, 0.1) is 5.41 Å². The normalized spacial score (nSPS) is 22.0. The second-order valence-electron chi connectivity index (χ2n) is 6.88. The van der Waals surface area contributed by atoms with Gasteiger partial charge in [-0.3, -0.25) is 9.88 Å². The first-order chi connectivity index (χ1) is 10.3. The predicted octanol–water partition coefficient (Wildman–Crippen LogP) is 3.35. The maximum atomic E-state index is 4.79. The van der Waals surface area contributed by atoms with Gasteiger partial charge in [0.25, 0.3) is 0 Å². The van der Waals surface area contributed by atoms with Gasteiger partial charge in [0.1, 0.15) is 0 Å². The van der Waals surface area contributed by atoms with E-state index < -0.39 is 0 Å². The smallest absolute Gasteiger partial charge is 0.0547 e. The summed E-state index contributed by atoms with van der Waals surface area (Å²) in [5.41, 5.74) is 3.11. The summed E-state index contributed by atoms with van der Waals surface area (Å²) in [5.74, 6) is 0. The van der Waals surface area contributed by atoms with Crippen LogP contribution in [0.2, 0.25) is 0 Å². The Kier molecular flexibility index (Phi) is 4.91. The highest BCUT2D eigenvalue weighted by Gasteiger charge is 2.36. The van der Waals surface area contributed by atoms with E-state index >= 15 is 0 Å². The lowest BCUT2D eigenvalue weighted by molar-refractivity contribution is 0.103. The zero-order valence-corrected chi connectivity index (χ0v) is 13.4. The number of nitrogens with zero attached hydrogens (tertiary/aromatic N) is 2. The summed E-state index contributed by atoms with van der Waals surface area (Å²) < 4.78 is 0. The molecule has 0 amide bonds. The minimum absolute atomic E-state index is 0.719. The number of nitrogens with one attached hydrogen (secondary N) is 1. The number of rotatable bonds is 5. The molecule has 1 saturated heterocycles. The molecule has 0 radical (unpaired) electrons. The monoisotopic (exact) mass is 287 g/mol. The van der Waals surface area contributed by atoms with Crippen molar-refractivity contribution in [1.82, 2.24) is 15.2 Å².